The van der Waals surface area contributed by atoms with Crippen LogP contribution in [0, 0.1) is 0 Å². The molecule has 21 atom stereocenters. The summed E-state index contributed by atoms with van der Waals surface area (Å²) in [5, 5.41) is 133. The van der Waals surface area contributed by atoms with Crippen molar-refractivity contribution in [3.05, 3.63) is 0 Å². The topological polar surface area (TPSA) is 363 Å². The molecule has 5 rings (SSSR count). The van der Waals surface area contributed by atoms with Crippen LogP contribution in [0.2, 0.25) is 0 Å². The molecule has 5 aliphatic rings. The zero-order valence-electron chi connectivity index (χ0n) is 26.3. The number of aliphatic carboxylic acids is 1. The first-order chi connectivity index (χ1) is 23.5. The van der Waals surface area contributed by atoms with Gasteiger partial charge in [-0.05, 0) is 0 Å². The zero-order chi connectivity index (χ0) is 36.8. The van der Waals surface area contributed by atoms with Gasteiger partial charge in [0.05, 0.1) is 26.4 Å². The molecule has 0 aromatic heterocycles. The highest BCUT2D eigenvalue weighted by Crippen LogP contribution is 2.36. The SMILES string of the molecule is CC1(C(=O)O)OC[C@H]2O[C@@H](O[C@H]3[C@H](O)[C@@H](O)[C@H](OC[C@H]4O[C@H](O[C@H]5O[C@H](CO)[C@@H](O)[C@H](O)[C@H]5O)[C@H](O)[C@@H](O)[C@@H]4O)O[C@@H]3CO)[C@H](O)[C@@H](O)[C@@H]2O1. The molecule has 290 valence electrons. The highest BCUT2D eigenvalue weighted by atomic mass is 16.8. The molecule has 0 amide bonds. The van der Waals surface area contributed by atoms with Crippen molar-refractivity contribution in [1.82, 2.24) is 0 Å². The van der Waals surface area contributed by atoms with E-state index < -0.39 is 161 Å². The maximum absolute atomic E-state index is 11.5. The lowest BCUT2D eigenvalue weighted by Gasteiger charge is -2.50. The third-order valence-corrected chi connectivity index (χ3v) is 9.24. The van der Waals surface area contributed by atoms with Gasteiger partial charge in [0, 0.05) is 6.92 Å². The van der Waals surface area contributed by atoms with Crippen LogP contribution in [-0.4, -0.2) is 227 Å². The van der Waals surface area contributed by atoms with Crippen LogP contribution >= 0.6 is 0 Å². The fraction of sp³-hybridized carbons (Fsp3) is 0.963. The first-order valence-corrected chi connectivity index (χ1v) is 15.6. The molecular weight excluding hydrogens is 692 g/mol. The molecule has 13 N–H and O–H groups in total. The van der Waals surface area contributed by atoms with Crippen molar-refractivity contribution in [1.29, 1.82) is 0 Å². The Hall–Kier alpha value is -1.37. The van der Waals surface area contributed by atoms with Crippen LogP contribution in [0.1, 0.15) is 6.92 Å². The number of fused-ring (bicyclic) bond motifs is 1. The van der Waals surface area contributed by atoms with Crippen LogP contribution in [0.3, 0.4) is 0 Å². The van der Waals surface area contributed by atoms with Gasteiger partial charge < -0.3 is 109 Å². The summed E-state index contributed by atoms with van der Waals surface area (Å²) in [6.45, 7) is -1.69. The molecule has 50 heavy (non-hydrogen) atoms. The van der Waals surface area contributed by atoms with Gasteiger partial charge in [0.2, 0.25) is 0 Å². The van der Waals surface area contributed by atoms with E-state index in [-0.39, 0.29) is 0 Å². The average Bonchev–Trinajstić information content (AvgIpc) is 3.09. The Morgan fingerprint density at radius 2 is 1.12 bits per heavy atom. The second-order valence-electron chi connectivity index (χ2n) is 12.7. The van der Waals surface area contributed by atoms with Crippen LogP contribution in [-0.2, 0) is 47.4 Å². The number of hydrogen-bond acceptors (Lipinski definition) is 22. The van der Waals surface area contributed by atoms with Gasteiger partial charge in [0.1, 0.15) is 97.7 Å². The van der Waals surface area contributed by atoms with E-state index in [9.17, 15) is 71.2 Å². The Kier molecular flexibility index (Phi) is 12.7. The third kappa shape index (κ3) is 7.65. The molecule has 0 saturated carbocycles. The van der Waals surface area contributed by atoms with Crippen LogP contribution in [0.15, 0.2) is 0 Å². The van der Waals surface area contributed by atoms with Crippen molar-refractivity contribution in [3.8, 4) is 0 Å². The van der Waals surface area contributed by atoms with Crippen LogP contribution in [0.25, 0.3) is 0 Å². The minimum Gasteiger partial charge on any atom is -0.477 e. The first kappa shape index (κ1) is 39.8. The smallest absolute Gasteiger partial charge is 0.364 e. The van der Waals surface area contributed by atoms with E-state index in [0.717, 1.165) is 6.92 Å². The van der Waals surface area contributed by atoms with E-state index in [1.165, 1.54) is 0 Å². The number of aliphatic hydroxyl groups is 12. The van der Waals surface area contributed by atoms with E-state index in [4.69, 9.17) is 42.6 Å². The van der Waals surface area contributed by atoms with E-state index >= 15 is 0 Å². The van der Waals surface area contributed by atoms with Gasteiger partial charge in [-0.1, -0.05) is 0 Å². The predicted molar refractivity (Wildman–Crippen MR) is 148 cm³/mol. The van der Waals surface area contributed by atoms with Gasteiger partial charge in [-0.3, -0.25) is 0 Å². The molecular formula is C27H44O23. The largest absolute Gasteiger partial charge is 0.477 e. The fourth-order valence-corrected chi connectivity index (χ4v) is 6.13. The summed E-state index contributed by atoms with van der Waals surface area (Å²) in [5.74, 6) is -3.63. The minimum absolute atomic E-state index is 0.405. The summed E-state index contributed by atoms with van der Waals surface area (Å²) in [6.07, 6.45) is -34.4. The summed E-state index contributed by atoms with van der Waals surface area (Å²) in [7, 11) is 0. The molecule has 23 heteroatoms. The molecule has 0 aliphatic carbocycles. The van der Waals surface area contributed by atoms with E-state index in [1.807, 2.05) is 0 Å². The van der Waals surface area contributed by atoms with Crippen molar-refractivity contribution in [2.45, 2.75) is 136 Å². The van der Waals surface area contributed by atoms with E-state index in [2.05, 4.69) is 0 Å². The third-order valence-electron chi connectivity index (χ3n) is 9.24. The van der Waals surface area contributed by atoms with Crippen molar-refractivity contribution in [2.24, 2.45) is 0 Å². The van der Waals surface area contributed by atoms with Gasteiger partial charge in [0.25, 0.3) is 5.79 Å². The van der Waals surface area contributed by atoms with Gasteiger partial charge in [-0.2, -0.15) is 0 Å². The quantitative estimate of drug-likeness (QED) is 0.0990. The highest BCUT2D eigenvalue weighted by Gasteiger charge is 2.57. The van der Waals surface area contributed by atoms with Gasteiger partial charge in [0.15, 0.2) is 25.2 Å². The molecule has 0 bridgehead atoms. The average molecular weight is 737 g/mol. The first-order valence-electron chi connectivity index (χ1n) is 15.6. The minimum atomic E-state index is -2.14. The molecule has 0 radical (unpaired) electrons. The lowest BCUT2D eigenvalue weighted by atomic mass is 9.96. The zero-order valence-corrected chi connectivity index (χ0v) is 26.3. The number of carboxylic acids is 1. The van der Waals surface area contributed by atoms with Crippen molar-refractivity contribution in [2.75, 3.05) is 26.4 Å². The predicted octanol–water partition coefficient (Wildman–Crippen LogP) is -8.89. The lowest BCUT2D eigenvalue weighted by Crippen LogP contribution is -2.68. The monoisotopic (exact) mass is 736 g/mol. The molecule has 5 fully saturated rings. The Bertz CT molecular complexity index is 1130. The summed E-state index contributed by atoms with van der Waals surface area (Å²) in [4.78, 5) is 11.5. The summed E-state index contributed by atoms with van der Waals surface area (Å²) in [5.41, 5.74) is 0. The number of carbonyl (C=O) groups is 1. The van der Waals surface area contributed by atoms with Crippen LogP contribution in [0.4, 0.5) is 0 Å². The second-order valence-corrected chi connectivity index (χ2v) is 12.7. The lowest BCUT2D eigenvalue weighted by molar-refractivity contribution is -0.398. The van der Waals surface area contributed by atoms with Crippen LogP contribution < -0.4 is 0 Å². The molecule has 5 aliphatic heterocycles. The molecule has 0 aromatic rings. The van der Waals surface area contributed by atoms with Crippen molar-refractivity contribution in [3.63, 3.8) is 0 Å². The molecule has 5 saturated heterocycles. The maximum atomic E-state index is 11.5. The summed E-state index contributed by atoms with van der Waals surface area (Å²) >= 11 is 0. The summed E-state index contributed by atoms with van der Waals surface area (Å²) < 4.78 is 48.8. The Balaban J connectivity index is 1.19. The second kappa shape index (κ2) is 15.9. The molecule has 0 spiro atoms. The van der Waals surface area contributed by atoms with E-state index in [1.54, 1.807) is 0 Å². The fourth-order valence-electron chi connectivity index (χ4n) is 6.13. The number of ether oxygens (including phenoxy) is 9. The maximum Gasteiger partial charge on any atom is 0.364 e. The van der Waals surface area contributed by atoms with Gasteiger partial charge >= 0.3 is 5.97 Å². The highest BCUT2D eigenvalue weighted by molar-refractivity contribution is 5.75. The molecule has 5 heterocycles. The van der Waals surface area contributed by atoms with E-state index in [0.29, 0.717) is 0 Å². The van der Waals surface area contributed by atoms with Crippen molar-refractivity contribution >= 4 is 5.97 Å². The normalized spacial score (nSPS) is 53.1. The van der Waals surface area contributed by atoms with Gasteiger partial charge in [-0.15, -0.1) is 0 Å². The Morgan fingerprint density at radius 3 is 1.70 bits per heavy atom. The van der Waals surface area contributed by atoms with Gasteiger partial charge in [-0.25, -0.2) is 4.79 Å². The molecule has 23 nitrogen and oxygen atoms in total. The molecule has 0 aromatic carbocycles. The number of hydrogen-bond donors (Lipinski definition) is 13. The van der Waals surface area contributed by atoms with Crippen LogP contribution in [0.5, 0.6) is 0 Å². The molecule has 1 unspecified atom stereocenters. The standard InChI is InChI=1S/C27H44O23/c1-27(26(40)41)43-5-9-21(50-27)15(35)19(39)23(47-9)48-20-7(3-29)45-22(18(38)14(20)34)42-4-8-11(31)13(33)17(37)25(46-8)49-24-16(36)12(32)10(30)6(2-28)44-24/h6-25,28-39H,2-5H2,1H3,(H,40,41)/t6-,7-,8-,9-,10-,11-,12+,13+,14-,15-,16-,17-,18-,19-,20-,21-,22-,23+,24-,25-,27?/m1/s1. The number of carboxylic acid groups (broad SMARTS) is 1. The van der Waals surface area contributed by atoms with Crippen molar-refractivity contribution < 1.29 is 114 Å². The Labute approximate surface area is 282 Å². The number of aliphatic hydroxyl groups excluding tert-OH is 12. The summed E-state index contributed by atoms with van der Waals surface area (Å²) in [6, 6.07) is 0. The number of rotatable bonds is 10. The Morgan fingerprint density at radius 1 is 0.620 bits per heavy atom.